The van der Waals surface area contributed by atoms with Crippen molar-refractivity contribution in [2.45, 2.75) is 0 Å². The number of nitrogens with two attached hydrogens (primary N) is 1. The molecule has 0 radical (unpaired) electrons. The van der Waals surface area contributed by atoms with E-state index in [9.17, 15) is 8.78 Å². The summed E-state index contributed by atoms with van der Waals surface area (Å²) in [5.74, 6) is -0.645. The van der Waals surface area contributed by atoms with Gasteiger partial charge in [-0.1, -0.05) is 21.1 Å². The number of rotatable bonds is 2. The Kier molecular flexibility index (Phi) is 3.42. The Hall–Kier alpha value is -2.28. The quantitative estimate of drug-likeness (QED) is 0.708. The van der Waals surface area contributed by atoms with Gasteiger partial charge in [-0.05, 0) is 36.4 Å². The first-order valence-electron chi connectivity index (χ1n) is 5.89. The SMILES string of the molecule is Nc1ccc(F)cc1-c1nc(-c2cc(F)ccc2Br)no1. The molecule has 2 aromatic carbocycles. The van der Waals surface area contributed by atoms with Crippen LogP contribution in [0.4, 0.5) is 14.5 Å². The van der Waals surface area contributed by atoms with Crippen LogP contribution in [-0.4, -0.2) is 10.1 Å². The summed E-state index contributed by atoms with van der Waals surface area (Å²) >= 11 is 3.29. The van der Waals surface area contributed by atoms with Gasteiger partial charge in [-0.3, -0.25) is 0 Å². The molecular weight excluding hydrogens is 344 g/mol. The minimum Gasteiger partial charge on any atom is -0.398 e. The number of nitrogen functional groups attached to an aromatic ring is 1. The first-order chi connectivity index (χ1) is 10.0. The van der Waals surface area contributed by atoms with E-state index in [1.54, 1.807) is 0 Å². The molecule has 0 aliphatic rings. The standard InChI is InChI=1S/C14H8BrF2N3O/c15-11-3-1-7(16)5-9(11)13-19-14(21-20-13)10-6-8(17)2-4-12(10)18/h1-6H,18H2. The molecule has 0 saturated heterocycles. The van der Waals surface area contributed by atoms with Crippen molar-refractivity contribution in [3.8, 4) is 22.8 Å². The number of halogens is 3. The second-order valence-electron chi connectivity index (χ2n) is 4.28. The Balaban J connectivity index is 2.08. The van der Waals surface area contributed by atoms with Gasteiger partial charge in [-0.15, -0.1) is 0 Å². The average molecular weight is 352 g/mol. The van der Waals surface area contributed by atoms with E-state index >= 15 is 0 Å². The van der Waals surface area contributed by atoms with Crippen molar-refractivity contribution in [3.63, 3.8) is 0 Å². The van der Waals surface area contributed by atoms with Crippen molar-refractivity contribution >= 4 is 21.6 Å². The topological polar surface area (TPSA) is 64.9 Å². The highest BCUT2D eigenvalue weighted by atomic mass is 79.9. The summed E-state index contributed by atoms with van der Waals surface area (Å²) in [6.45, 7) is 0. The lowest BCUT2D eigenvalue weighted by molar-refractivity contribution is 0.432. The van der Waals surface area contributed by atoms with E-state index < -0.39 is 11.6 Å². The van der Waals surface area contributed by atoms with Crippen LogP contribution >= 0.6 is 15.9 Å². The Morgan fingerprint density at radius 3 is 2.43 bits per heavy atom. The molecule has 0 fully saturated rings. The zero-order valence-electron chi connectivity index (χ0n) is 10.5. The number of hydrogen-bond donors (Lipinski definition) is 1. The number of anilines is 1. The fraction of sp³-hybridized carbons (Fsp3) is 0. The lowest BCUT2D eigenvalue weighted by atomic mass is 10.1. The van der Waals surface area contributed by atoms with E-state index in [0.717, 1.165) is 0 Å². The molecule has 1 aromatic heterocycles. The highest BCUT2D eigenvalue weighted by molar-refractivity contribution is 9.10. The molecule has 0 unspecified atom stereocenters. The minimum atomic E-state index is -0.467. The minimum absolute atomic E-state index is 0.0677. The molecule has 3 rings (SSSR count). The molecule has 0 atom stereocenters. The summed E-state index contributed by atoms with van der Waals surface area (Å²) < 4.78 is 32.3. The van der Waals surface area contributed by atoms with Gasteiger partial charge in [0.25, 0.3) is 5.89 Å². The van der Waals surface area contributed by atoms with Gasteiger partial charge in [0.2, 0.25) is 5.82 Å². The summed E-state index contributed by atoms with van der Waals surface area (Å²) in [4.78, 5) is 4.13. The summed E-state index contributed by atoms with van der Waals surface area (Å²) in [5, 5.41) is 3.77. The zero-order valence-corrected chi connectivity index (χ0v) is 12.1. The largest absolute Gasteiger partial charge is 0.398 e. The van der Waals surface area contributed by atoms with E-state index in [4.69, 9.17) is 10.3 Å². The van der Waals surface area contributed by atoms with Crippen LogP contribution in [0, 0.1) is 11.6 Å². The van der Waals surface area contributed by atoms with Gasteiger partial charge in [0.1, 0.15) is 11.6 Å². The monoisotopic (exact) mass is 351 g/mol. The second-order valence-corrected chi connectivity index (χ2v) is 5.13. The van der Waals surface area contributed by atoms with Crippen molar-refractivity contribution in [2.75, 3.05) is 5.73 Å². The van der Waals surface area contributed by atoms with Crippen molar-refractivity contribution in [1.29, 1.82) is 0 Å². The van der Waals surface area contributed by atoms with Gasteiger partial charge in [0.05, 0.1) is 5.56 Å². The number of benzene rings is 2. The summed E-state index contributed by atoms with van der Waals surface area (Å²) in [7, 11) is 0. The van der Waals surface area contributed by atoms with Crippen molar-refractivity contribution < 1.29 is 13.3 Å². The van der Waals surface area contributed by atoms with Crippen LogP contribution in [0.1, 0.15) is 0 Å². The third kappa shape index (κ3) is 2.64. The maximum Gasteiger partial charge on any atom is 0.260 e. The van der Waals surface area contributed by atoms with E-state index in [-0.39, 0.29) is 11.7 Å². The van der Waals surface area contributed by atoms with E-state index in [2.05, 4.69) is 26.1 Å². The molecule has 2 N–H and O–H groups in total. The predicted molar refractivity (Wildman–Crippen MR) is 77.2 cm³/mol. The molecule has 0 saturated carbocycles. The van der Waals surface area contributed by atoms with Crippen LogP contribution < -0.4 is 5.73 Å². The van der Waals surface area contributed by atoms with Crippen LogP contribution in [0.2, 0.25) is 0 Å². The molecule has 7 heteroatoms. The lowest BCUT2D eigenvalue weighted by Gasteiger charge is -2.00. The van der Waals surface area contributed by atoms with Crippen LogP contribution in [0.25, 0.3) is 22.8 Å². The fourth-order valence-corrected chi connectivity index (χ4v) is 2.25. The Bertz CT molecular complexity index is 754. The molecule has 1 heterocycles. The van der Waals surface area contributed by atoms with Crippen LogP contribution in [0.15, 0.2) is 45.4 Å². The third-order valence-electron chi connectivity index (χ3n) is 2.84. The molecule has 0 spiro atoms. The average Bonchev–Trinajstić information content (AvgIpc) is 2.93. The maximum absolute atomic E-state index is 13.3. The molecule has 106 valence electrons. The first kappa shape index (κ1) is 13.7. The van der Waals surface area contributed by atoms with Gasteiger partial charge < -0.3 is 10.3 Å². The van der Waals surface area contributed by atoms with Crippen LogP contribution in [0.5, 0.6) is 0 Å². The normalized spacial score (nSPS) is 10.8. The summed E-state index contributed by atoms with van der Waals surface area (Å²) in [6.07, 6.45) is 0. The summed E-state index contributed by atoms with van der Waals surface area (Å²) in [5.41, 5.74) is 6.79. The third-order valence-corrected chi connectivity index (χ3v) is 3.53. The lowest BCUT2D eigenvalue weighted by Crippen LogP contribution is -1.91. The van der Waals surface area contributed by atoms with E-state index in [1.165, 1.54) is 36.4 Å². The van der Waals surface area contributed by atoms with Crippen molar-refractivity contribution in [2.24, 2.45) is 0 Å². The molecule has 21 heavy (non-hydrogen) atoms. The maximum atomic E-state index is 13.3. The van der Waals surface area contributed by atoms with Gasteiger partial charge >= 0.3 is 0 Å². The molecule has 0 aliphatic carbocycles. The van der Waals surface area contributed by atoms with Crippen molar-refractivity contribution in [3.05, 3.63) is 52.5 Å². The Labute approximate surface area is 126 Å². The Morgan fingerprint density at radius 2 is 1.67 bits per heavy atom. The fourth-order valence-electron chi connectivity index (χ4n) is 1.82. The molecule has 3 aromatic rings. The van der Waals surface area contributed by atoms with E-state index in [0.29, 0.717) is 21.3 Å². The number of aromatic nitrogens is 2. The van der Waals surface area contributed by atoms with Gasteiger partial charge in [-0.25, -0.2) is 8.78 Å². The van der Waals surface area contributed by atoms with Crippen LogP contribution in [-0.2, 0) is 0 Å². The van der Waals surface area contributed by atoms with Gasteiger partial charge in [0, 0.05) is 15.7 Å². The summed E-state index contributed by atoms with van der Waals surface area (Å²) in [6, 6.07) is 7.96. The highest BCUT2D eigenvalue weighted by Crippen LogP contribution is 2.30. The zero-order chi connectivity index (χ0) is 15.0. The molecule has 0 bridgehead atoms. The highest BCUT2D eigenvalue weighted by Gasteiger charge is 2.16. The molecule has 0 aliphatic heterocycles. The molecule has 0 amide bonds. The van der Waals surface area contributed by atoms with E-state index in [1.807, 2.05) is 0 Å². The second kappa shape index (κ2) is 5.25. The van der Waals surface area contributed by atoms with Crippen LogP contribution in [0.3, 0.4) is 0 Å². The van der Waals surface area contributed by atoms with Gasteiger partial charge in [-0.2, -0.15) is 4.98 Å². The predicted octanol–water partition coefficient (Wildman–Crippen LogP) is 4.03. The smallest absolute Gasteiger partial charge is 0.260 e. The number of hydrogen-bond acceptors (Lipinski definition) is 4. The van der Waals surface area contributed by atoms with Gasteiger partial charge in [0.15, 0.2) is 0 Å². The van der Waals surface area contributed by atoms with Crippen molar-refractivity contribution in [1.82, 2.24) is 10.1 Å². The number of nitrogens with zero attached hydrogens (tertiary/aromatic N) is 2. The molecule has 4 nitrogen and oxygen atoms in total. The molecular formula is C14H8BrF2N3O. The Morgan fingerprint density at radius 1 is 1.00 bits per heavy atom. The first-order valence-corrected chi connectivity index (χ1v) is 6.68.